The molecule has 0 saturated heterocycles. The van der Waals surface area contributed by atoms with Crippen LogP contribution in [0.3, 0.4) is 0 Å². The third-order valence-corrected chi connectivity index (χ3v) is 3.72. The Hall–Kier alpha value is -0.0600. The van der Waals surface area contributed by atoms with Gasteiger partial charge in [0.2, 0.25) is 0 Å². The predicted octanol–water partition coefficient (Wildman–Crippen LogP) is 4.76. The van der Waals surface area contributed by atoms with E-state index < -0.39 is 0 Å². The SMILES string of the molecule is CCCCCNCC(C)Oc1ccc(Br)cc1Br. The first-order valence-electron chi connectivity index (χ1n) is 6.46. The van der Waals surface area contributed by atoms with E-state index in [0.717, 1.165) is 27.8 Å². The van der Waals surface area contributed by atoms with Crippen molar-refractivity contribution in [2.45, 2.75) is 39.2 Å². The zero-order chi connectivity index (χ0) is 13.4. The van der Waals surface area contributed by atoms with Gasteiger partial charge in [-0.25, -0.2) is 0 Å². The van der Waals surface area contributed by atoms with Gasteiger partial charge < -0.3 is 10.1 Å². The smallest absolute Gasteiger partial charge is 0.134 e. The number of halogens is 2. The van der Waals surface area contributed by atoms with E-state index in [-0.39, 0.29) is 6.10 Å². The maximum atomic E-state index is 5.88. The molecule has 0 heterocycles. The molecule has 0 aliphatic carbocycles. The fourth-order valence-electron chi connectivity index (χ4n) is 1.63. The monoisotopic (exact) mass is 377 g/mol. The fourth-order valence-corrected chi connectivity index (χ4v) is 2.78. The van der Waals surface area contributed by atoms with Crippen molar-refractivity contribution in [1.82, 2.24) is 5.32 Å². The van der Waals surface area contributed by atoms with Crippen LogP contribution in [0.1, 0.15) is 33.1 Å². The quantitative estimate of drug-likeness (QED) is 0.658. The molecule has 0 aliphatic rings. The zero-order valence-corrected chi connectivity index (χ0v) is 14.2. The molecule has 18 heavy (non-hydrogen) atoms. The Labute approximate surface area is 127 Å². The molecule has 0 bridgehead atoms. The summed E-state index contributed by atoms with van der Waals surface area (Å²) in [5, 5.41) is 3.42. The molecule has 0 spiro atoms. The summed E-state index contributed by atoms with van der Waals surface area (Å²) in [5.74, 6) is 0.890. The van der Waals surface area contributed by atoms with Gasteiger partial charge in [-0.15, -0.1) is 0 Å². The van der Waals surface area contributed by atoms with E-state index in [1.165, 1.54) is 19.3 Å². The van der Waals surface area contributed by atoms with Crippen LogP contribution in [0.15, 0.2) is 27.1 Å². The lowest BCUT2D eigenvalue weighted by molar-refractivity contribution is 0.215. The van der Waals surface area contributed by atoms with E-state index >= 15 is 0 Å². The molecule has 0 saturated carbocycles. The number of rotatable bonds is 8. The van der Waals surface area contributed by atoms with Gasteiger partial charge in [0.25, 0.3) is 0 Å². The minimum atomic E-state index is 0.170. The minimum Gasteiger partial charge on any atom is -0.488 e. The molecule has 102 valence electrons. The van der Waals surface area contributed by atoms with Crippen LogP contribution in [-0.4, -0.2) is 19.2 Å². The number of hydrogen-bond donors (Lipinski definition) is 1. The maximum absolute atomic E-state index is 5.88. The van der Waals surface area contributed by atoms with E-state index in [9.17, 15) is 0 Å². The molecule has 4 heteroatoms. The summed E-state index contributed by atoms with van der Waals surface area (Å²) in [4.78, 5) is 0. The zero-order valence-electron chi connectivity index (χ0n) is 11.0. The molecule has 0 fully saturated rings. The van der Waals surface area contributed by atoms with E-state index in [4.69, 9.17) is 4.74 Å². The van der Waals surface area contributed by atoms with Crippen molar-refractivity contribution in [2.75, 3.05) is 13.1 Å². The summed E-state index contributed by atoms with van der Waals surface area (Å²) in [6, 6.07) is 5.96. The lowest BCUT2D eigenvalue weighted by atomic mass is 10.2. The summed E-state index contributed by atoms with van der Waals surface area (Å²) in [5.41, 5.74) is 0. The van der Waals surface area contributed by atoms with E-state index in [2.05, 4.69) is 51.0 Å². The van der Waals surface area contributed by atoms with Crippen LogP contribution in [0.5, 0.6) is 5.75 Å². The molecular weight excluding hydrogens is 358 g/mol. The number of nitrogens with one attached hydrogen (secondary N) is 1. The standard InChI is InChI=1S/C14H21Br2NO/c1-3-4-5-8-17-10-11(2)18-14-7-6-12(15)9-13(14)16/h6-7,9,11,17H,3-5,8,10H2,1-2H3. The summed E-state index contributed by atoms with van der Waals surface area (Å²) < 4.78 is 7.91. The first-order valence-corrected chi connectivity index (χ1v) is 8.04. The number of ether oxygens (including phenoxy) is 1. The second-order valence-corrected chi connectivity index (χ2v) is 6.18. The molecule has 1 rings (SSSR count). The topological polar surface area (TPSA) is 21.3 Å². The Balaban J connectivity index is 2.28. The molecule has 0 amide bonds. The van der Waals surface area contributed by atoms with Crippen molar-refractivity contribution in [2.24, 2.45) is 0 Å². The van der Waals surface area contributed by atoms with Crippen LogP contribution < -0.4 is 10.1 Å². The summed E-state index contributed by atoms with van der Waals surface area (Å²) >= 11 is 6.93. The van der Waals surface area contributed by atoms with Gasteiger partial charge in [-0.3, -0.25) is 0 Å². The number of benzene rings is 1. The Kier molecular flexibility index (Phi) is 7.95. The Morgan fingerprint density at radius 1 is 1.28 bits per heavy atom. The van der Waals surface area contributed by atoms with Gasteiger partial charge in [0, 0.05) is 11.0 Å². The number of hydrogen-bond acceptors (Lipinski definition) is 2. The highest BCUT2D eigenvalue weighted by Gasteiger charge is 2.07. The fraction of sp³-hybridized carbons (Fsp3) is 0.571. The normalized spacial score (nSPS) is 12.4. The average Bonchev–Trinajstić information content (AvgIpc) is 2.32. The second kappa shape index (κ2) is 8.94. The Bertz CT molecular complexity index is 358. The Morgan fingerprint density at radius 3 is 2.72 bits per heavy atom. The highest BCUT2D eigenvalue weighted by Crippen LogP contribution is 2.28. The third-order valence-electron chi connectivity index (χ3n) is 2.61. The first-order chi connectivity index (χ1) is 8.63. The van der Waals surface area contributed by atoms with Crippen molar-refractivity contribution in [3.63, 3.8) is 0 Å². The molecule has 1 atom stereocenters. The molecule has 2 nitrogen and oxygen atoms in total. The lowest BCUT2D eigenvalue weighted by Gasteiger charge is -2.16. The summed E-state index contributed by atoms with van der Waals surface area (Å²) in [6.07, 6.45) is 3.97. The highest BCUT2D eigenvalue weighted by atomic mass is 79.9. The van der Waals surface area contributed by atoms with Crippen LogP contribution in [0.2, 0.25) is 0 Å². The van der Waals surface area contributed by atoms with E-state index in [1.807, 2.05) is 18.2 Å². The van der Waals surface area contributed by atoms with Gasteiger partial charge >= 0.3 is 0 Å². The molecule has 0 aliphatic heterocycles. The van der Waals surface area contributed by atoms with Crippen LogP contribution in [0.4, 0.5) is 0 Å². The van der Waals surface area contributed by atoms with Crippen molar-refractivity contribution >= 4 is 31.9 Å². The van der Waals surface area contributed by atoms with Gasteiger partial charge in [-0.05, 0) is 54.0 Å². The summed E-state index contributed by atoms with van der Waals surface area (Å²) in [6.45, 7) is 6.26. The lowest BCUT2D eigenvalue weighted by Crippen LogP contribution is -2.29. The van der Waals surface area contributed by atoms with Gasteiger partial charge in [0.05, 0.1) is 4.47 Å². The van der Waals surface area contributed by atoms with Crippen molar-refractivity contribution in [1.29, 1.82) is 0 Å². The molecule has 1 N–H and O–H groups in total. The van der Waals surface area contributed by atoms with Gasteiger partial charge in [0.1, 0.15) is 11.9 Å². The third kappa shape index (κ3) is 6.21. The molecule has 1 aromatic carbocycles. The first kappa shape index (κ1) is 16.0. The molecule has 1 unspecified atom stereocenters. The van der Waals surface area contributed by atoms with Crippen LogP contribution in [0.25, 0.3) is 0 Å². The maximum Gasteiger partial charge on any atom is 0.134 e. The van der Waals surface area contributed by atoms with Crippen LogP contribution in [0, 0.1) is 0 Å². The molecular formula is C14H21Br2NO. The molecule has 0 radical (unpaired) electrons. The highest BCUT2D eigenvalue weighted by molar-refractivity contribution is 9.11. The Morgan fingerprint density at radius 2 is 2.06 bits per heavy atom. The average molecular weight is 379 g/mol. The van der Waals surface area contributed by atoms with E-state index in [1.54, 1.807) is 0 Å². The van der Waals surface area contributed by atoms with Crippen molar-refractivity contribution in [3.05, 3.63) is 27.1 Å². The van der Waals surface area contributed by atoms with Crippen molar-refractivity contribution in [3.8, 4) is 5.75 Å². The van der Waals surface area contributed by atoms with Gasteiger partial charge in [-0.2, -0.15) is 0 Å². The molecule has 1 aromatic rings. The van der Waals surface area contributed by atoms with Crippen LogP contribution >= 0.6 is 31.9 Å². The second-order valence-electron chi connectivity index (χ2n) is 4.41. The van der Waals surface area contributed by atoms with Crippen LogP contribution in [-0.2, 0) is 0 Å². The predicted molar refractivity (Wildman–Crippen MR) is 84.3 cm³/mol. The molecule has 0 aromatic heterocycles. The van der Waals surface area contributed by atoms with E-state index in [0.29, 0.717) is 0 Å². The minimum absolute atomic E-state index is 0.170. The summed E-state index contributed by atoms with van der Waals surface area (Å²) in [7, 11) is 0. The van der Waals surface area contributed by atoms with Gasteiger partial charge in [0.15, 0.2) is 0 Å². The number of unbranched alkanes of at least 4 members (excludes halogenated alkanes) is 2. The largest absolute Gasteiger partial charge is 0.488 e. The van der Waals surface area contributed by atoms with Crippen molar-refractivity contribution < 1.29 is 4.74 Å². The van der Waals surface area contributed by atoms with Gasteiger partial charge in [-0.1, -0.05) is 35.7 Å².